The van der Waals surface area contributed by atoms with Crippen LogP contribution in [0.3, 0.4) is 0 Å². The van der Waals surface area contributed by atoms with Gasteiger partial charge in [-0.3, -0.25) is 0 Å². The van der Waals surface area contributed by atoms with Gasteiger partial charge in [-0.05, 0) is 25.8 Å². The van der Waals surface area contributed by atoms with Gasteiger partial charge in [-0.1, -0.05) is 11.2 Å². The molecule has 0 amide bonds. The molecule has 1 aliphatic carbocycles. The summed E-state index contributed by atoms with van der Waals surface area (Å²) in [5.41, 5.74) is 0.968. The van der Waals surface area contributed by atoms with Gasteiger partial charge in [0.05, 0.1) is 6.61 Å². The maximum Gasteiger partial charge on any atom is 0.315 e. The fourth-order valence-electron chi connectivity index (χ4n) is 1.80. The van der Waals surface area contributed by atoms with Crippen LogP contribution in [0.25, 0.3) is 0 Å². The molecule has 0 atom stereocenters. The third-order valence-electron chi connectivity index (χ3n) is 2.93. The van der Waals surface area contributed by atoms with E-state index in [0.29, 0.717) is 31.0 Å². The molecule has 1 fully saturated rings. The summed E-state index contributed by atoms with van der Waals surface area (Å²) in [5, 5.41) is 11.1. The molecule has 2 aromatic rings. The van der Waals surface area contributed by atoms with Gasteiger partial charge < -0.3 is 14.5 Å². The second kappa shape index (κ2) is 5.26. The van der Waals surface area contributed by atoms with Crippen molar-refractivity contribution in [2.45, 2.75) is 32.2 Å². The maximum absolute atomic E-state index is 5.53. The Labute approximate surface area is 111 Å². The van der Waals surface area contributed by atoms with Crippen LogP contribution in [0.15, 0.2) is 22.7 Å². The highest BCUT2D eigenvalue weighted by Crippen LogP contribution is 2.39. The van der Waals surface area contributed by atoms with Gasteiger partial charge in [-0.25, -0.2) is 4.98 Å². The van der Waals surface area contributed by atoms with E-state index in [2.05, 4.69) is 20.5 Å². The minimum absolute atomic E-state index is 0.452. The zero-order valence-electron chi connectivity index (χ0n) is 10.8. The molecule has 6 nitrogen and oxygen atoms in total. The zero-order valence-corrected chi connectivity index (χ0v) is 10.8. The highest BCUT2D eigenvalue weighted by atomic mass is 16.5. The highest BCUT2D eigenvalue weighted by Gasteiger charge is 2.29. The summed E-state index contributed by atoms with van der Waals surface area (Å²) in [6, 6.07) is 4.29. The van der Waals surface area contributed by atoms with Crippen molar-refractivity contribution in [3.8, 4) is 5.88 Å². The fraction of sp³-hybridized carbons (Fsp3) is 0.462. The molecule has 19 heavy (non-hydrogen) atoms. The molecular weight excluding hydrogens is 244 g/mol. The molecule has 1 aliphatic rings. The summed E-state index contributed by atoms with van der Waals surface area (Å²) in [7, 11) is 0. The Bertz CT molecular complexity index is 551. The average molecular weight is 260 g/mol. The predicted molar refractivity (Wildman–Crippen MR) is 69.0 cm³/mol. The van der Waals surface area contributed by atoms with Crippen molar-refractivity contribution in [3.05, 3.63) is 29.8 Å². The molecule has 0 radical (unpaired) electrons. The molecule has 1 N–H and O–H groups in total. The third-order valence-corrected chi connectivity index (χ3v) is 2.93. The van der Waals surface area contributed by atoms with Crippen molar-refractivity contribution >= 4 is 6.01 Å². The summed E-state index contributed by atoms with van der Waals surface area (Å²) in [5.74, 6) is 1.85. The smallest absolute Gasteiger partial charge is 0.315 e. The lowest BCUT2D eigenvalue weighted by Gasteiger charge is -2.08. The number of nitrogens with zero attached hydrogens (tertiary/aromatic N) is 3. The van der Waals surface area contributed by atoms with Crippen LogP contribution in [0, 0.1) is 0 Å². The van der Waals surface area contributed by atoms with Crippen LogP contribution in [-0.2, 0) is 6.54 Å². The monoisotopic (exact) mass is 260 g/mol. The maximum atomic E-state index is 5.53. The molecule has 3 rings (SSSR count). The van der Waals surface area contributed by atoms with E-state index in [1.165, 1.54) is 0 Å². The van der Waals surface area contributed by atoms with E-state index in [1.54, 1.807) is 6.20 Å². The van der Waals surface area contributed by atoms with Crippen LogP contribution in [-0.4, -0.2) is 21.8 Å². The Hall–Kier alpha value is -2.11. The molecule has 6 heteroatoms. The standard InChI is InChI=1S/C13H16N4O2/c1-2-18-11-10(4-3-7-14-11)8-15-13-17-16-12(19-13)9-5-6-9/h3-4,7,9H,2,5-6,8H2,1H3,(H,15,17). The van der Waals surface area contributed by atoms with Crippen LogP contribution in [0.4, 0.5) is 6.01 Å². The molecule has 0 aromatic carbocycles. The molecule has 2 heterocycles. The number of rotatable bonds is 6. The van der Waals surface area contributed by atoms with Crippen molar-refractivity contribution in [1.82, 2.24) is 15.2 Å². The van der Waals surface area contributed by atoms with Crippen LogP contribution in [0.5, 0.6) is 5.88 Å². The van der Waals surface area contributed by atoms with E-state index in [9.17, 15) is 0 Å². The lowest BCUT2D eigenvalue weighted by Crippen LogP contribution is -2.04. The van der Waals surface area contributed by atoms with Crippen molar-refractivity contribution in [1.29, 1.82) is 0 Å². The van der Waals surface area contributed by atoms with Gasteiger partial charge in [-0.2, -0.15) is 0 Å². The molecule has 2 aromatic heterocycles. The van der Waals surface area contributed by atoms with Gasteiger partial charge in [-0.15, -0.1) is 5.10 Å². The molecule has 0 aliphatic heterocycles. The first kappa shape index (κ1) is 12.0. The molecule has 1 saturated carbocycles. The van der Waals surface area contributed by atoms with Gasteiger partial charge in [0.25, 0.3) is 0 Å². The number of pyridine rings is 1. The molecule has 100 valence electrons. The van der Waals surface area contributed by atoms with Crippen molar-refractivity contribution in [3.63, 3.8) is 0 Å². The SMILES string of the molecule is CCOc1ncccc1CNc1nnc(C2CC2)o1. The lowest BCUT2D eigenvalue weighted by molar-refractivity contribution is 0.323. The van der Waals surface area contributed by atoms with Gasteiger partial charge in [0.15, 0.2) is 0 Å². The Morgan fingerprint density at radius 1 is 1.42 bits per heavy atom. The molecule has 0 spiro atoms. The lowest BCUT2D eigenvalue weighted by atomic mass is 10.3. The summed E-state index contributed by atoms with van der Waals surface area (Å²) in [4.78, 5) is 4.20. The molecular formula is C13H16N4O2. The second-order valence-corrected chi connectivity index (χ2v) is 4.47. The second-order valence-electron chi connectivity index (χ2n) is 4.47. The summed E-state index contributed by atoms with van der Waals surface area (Å²) in [6.45, 7) is 3.08. The topological polar surface area (TPSA) is 73.1 Å². The van der Waals surface area contributed by atoms with Crippen molar-refractivity contribution in [2.24, 2.45) is 0 Å². The minimum atomic E-state index is 0.452. The van der Waals surface area contributed by atoms with E-state index in [-0.39, 0.29) is 0 Å². The van der Waals surface area contributed by atoms with E-state index in [4.69, 9.17) is 9.15 Å². The van der Waals surface area contributed by atoms with E-state index in [1.807, 2.05) is 19.1 Å². The van der Waals surface area contributed by atoms with Crippen molar-refractivity contribution < 1.29 is 9.15 Å². The molecule has 0 bridgehead atoms. The van der Waals surface area contributed by atoms with Crippen LogP contribution >= 0.6 is 0 Å². The number of anilines is 1. The highest BCUT2D eigenvalue weighted by molar-refractivity contribution is 5.30. The first-order valence-corrected chi connectivity index (χ1v) is 6.50. The largest absolute Gasteiger partial charge is 0.478 e. The predicted octanol–water partition coefficient (Wildman–Crippen LogP) is 2.35. The van der Waals surface area contributed by atoms with Gasteiger partial charge >= 0.3 is 6.01 Å². The quantitative estimate of drug-likeness (QED) is 0.859. The average Bonchev–Trinajstić information content (AvgIpc) is 3.18. The number of nitrogens with one attached hydrogen (secondary N) is 1. The Kier molecular flexibility index (Phi) is 3.31. The Balaban J connectivity index is 1.64. The molecule has 0 unspecified atom stereocenters. The summed E-state index contributed by atoms with van der Waals surface area (Å²) in [6.07, 6.45) is 4.02. The number of ether oxygens (including phenoxy) is 1. The third kappa shape index (κ3) is 2.83. The van der Waals surface area contributed by atoms with Gasteiger partial charge in [0.2, 0.25) is 11.8 Å². The first-order valence-electron chi connectivity index (χ1n) is 6.50. The minimum Gasteiger partial charge on any atom is -0.478 e. The summed E-state index contributed by atoms with van der Waals surface area (Å²) < 4.78 is 11.0. The van der Waals surface area contributed by atoms with Crippen LogP contribution in [0.1, 0.15) is 37.1 Å². The number of hydrogen-bond donors (Lipinski definition) is 1. The summed E-state index contributed by atoms with van der Waals surface area (Å²) >= 11 is 0. The van der Waals surface area contributed by atoms with E-state index >= 15 is 0 Å². The number of aromatic nitrogens is 3. The van der Waals surface area contributed by atoms with Crippen LogP contribution in [0.2, 0.25) is 0 Å². The van der Waals surface area contributed by atoms with Gasteiger partial charge in [0, 0.05) is 24.2 Å². The number of hydrogen-bond acceptors (Lipinski definition) is 6. The van der Waals surface area contributed by atoms with Crippen molar-refractivity contribution in [2.75, 3.05) is 11.9 Å². The Morgan fingerprint density at radius 3 is 3.11 bits per heavy atom. The van der Waals surface area contributed by atoms with E-state index in [0.717, 1.165) is 24.3 Å². The van der Waals surface area contributed by atoms with E-state index < -0.39 is 0 Å². The Morgan fingerprint density at radius 2 is 2.32 bits per heavy atom. The molecule has 0 saturated heterocycles. The normalized spacial score (nSPS) is 14.4. The fourth-order valence-corrected chi connectivity index (χ4v) is 1.80. The van der Waals surface area contributed by atoms with Crippen LogP contribution < -0.4 is 10.1 Å². The van der Waals surface area contributed by atoms with Gasteiger partial charge in [0.1, 0.15) is 0 Å². The zero-order chi connectivity index (χ0) is 13.1. The first-order chi connectivity index (χ1) is 9.36.